The number of piperazine rings is 1. The van der Waals surface area contributed by atoms with Crippen molar-refractivity contribution in [3.63, 3.8) is 0 Å². The van der Waals surface area contributed by atoms with Crippen LogP contribution in [0.25, 0.3) is 0 Å². The SMILES string of the molecule is CCC1(CC)NC(=O)C(C(C)C)N(C2CCCOC2)C1=O. The van der Waals surface area contributed by atoms with Crippen LogP contribution >= 0.6 is 0 Å². The summed E-state index contributed by atoms with van der Waals surface area (Å²) in [6, 6.07) is -0.349. The Balaban J connectivity index is 2.36. The molecule has 0 aromatic heterocycles. The lowest BCUT2D eigenvalue weighted by molar-refractivity contribution is -0.163. The minimum atomic E-state index is -0.736. The van der Waals surface area contributed by atoms with Gasteiger partial charge in [-0.2, -0.15) is 0 Å². The van der Waals surface area contributed by atoms with E-state index in [4.69, 9.17) is 4.74 Å². The van der Waals surface area contributed by atoms with Gasteiger partial charge < -0.3 is 15.0 Å². The fourth-order valence-corrected chi connectivity index (χ4v) is 3.55. The minimum Gasteiger partial charge on any atom is -0.379 e. The largest absolute Gasteiger partial charge is 0.379 e. The van der Waals surface area contributed by atoms with Crippen molar-refractivity contribution < 1.29 is 14.3 Å². The lowest BCUT2D eigenvalue weighted by Gasteiger charge is -2.50. The third kappa shape index (κ3) is 2.80. The molecular formula is C16H28N2O3. The average Bonchev–Trinajstić information content (AvgIpc) is 2.49. The van der Waals surface area contributed by atoms with E-state index in [2.05, 4.69) is 5.32 Å². The zero-order chi connectivity index (χ0) is 15.6. The third-order valence-electron chi connectivity index (χ3n) is 4.94. The molecule has 2 atom stereocenters. The first kappa shape index (κ1) is 16.3. The molecule has 21 heavy (non-hydrogen) atoms. The van der Waals surface area contributed by atoms with Crippen LogP contribution in [0.5, 0.6) is 0 Å². The van der Waals surface area contributed by atoms with Crippen molar-refractivity contribution in [3.8, 4) is 0 Å². The van der Waals surface area contributed by atoms with Gasteiger partial charge in [0.2, 0.25) is 11.8 Å². The van der Waals surface area contributed by atoms with Gasteiger partial charge in [0, 0.05) is 6.61 Å². The Morgan fingerprint density at radius 3 is 2.48 bits per heavy atom. The minimum absolute atomic E-state index is 0.0149. The molecule has 2 rings (SSSR count). The highest BCUT2D eigenvalue weighted by Gasteiger charge is 2.51. The van der Waals surface area contributed by atoms with Crippen LogP contribution in [0, 0.1) is 5.92 Å². The molecule has 2 aliphatic heterocycles. The Labute approximate surface area is 127 Å². The van der Waals surface area contributed by atoms with E-state index in [0.29, 0.717) is 19.4 Å². The second-order valence-corrected chi connectivity index (χ2v) is 6.55. The Morgan fingerprint density at radius 2 is 2.00 bits per heavy atom. The first-order valence-electron chi connectivity index (χ1n) is 8.19. The summed E-state index contributed by atoms with van der Waals surface area (Å²) >= 11 is 0. The quantitative estimate of drug-likeness (QED) is 0.859. The van der Waals surface area contributed by atoms with Gasteiger partial charge in [-0.3, -0.25) is 9.59 Å². The maximum absolute atomic E-state index is 13.1. The van der Waals surface area contributed by atoms with Crippen LogP contribution in [0.4, 0.5) is 0 Å². The molecule has 0 bridgehead atoms. The number of ether oxygens (including phenoxy) is 1. The average molecular weight is 296 g/mol. The fourth-order valence-electron chi connectivity index (χ4n) is 3.55. The maximum atomic E-state index is 13.1. The van der Waals surface area contributed by atoms with Gasteiger partial charge in [-0.1, -0.05) is 27.7 Å². The Kier molecular flexibility index (Phi) is 4.91. The van der Waals surface area contributed by atoms with Gasteiger partial charge in [-0.25, -0.2) is 0 Å². The van der Waals surface area contributed by atoms with Crippen LogP contribution in [0.1, 0.15) is 53.4 Å². The number of amides is 2. The van der Waals surface area contributed by atoms with Crippen molar-refractivity contribution in [2.45, 2.75) is 71.0 Å². The second-order valence-electron chi connectivity index (χ2n) is 6.55. The monoisotopic (exact) mass is 296 g/mol. The lowest BCUT2D eigenvalue weighted by Crippen LogP contribution is -2.73. The predicted molar refractivity (Wildman–Crippen MR) is 80.8 cm³/mol. The topological polar surface area (TPSA) is 58.6 Å². The summed E-state index contributed by atoms with van der Waals surface area (Å²) in [6.07, 6.45) is 3.13. The van der Waals surface area contributed by atoms with Crippen LogP contribution in [-0.2, 0) is 14.3 Å². The van der Waals surface area contributed by atoms with E-state index in [-0.39, 0.29) is 29.8 Å². The van der Waals surface area contributed by atoms with Gasteiger partial charge in [-0.05, 0) is 31.6 Å². The molecule has 2 saturated heterocycles. The molecule has 0 aromatic rings. The highest BCUT2D eigenvalue weighted by atomic mass is 16.5. The summed E-state index contributed by atoms with van der Waals surface area (Å²) in [4.78, 5) is 27.6. The summed E-state index contributed by atoms with van der Waals surface area (Å²) in [7, 11) is 0. The Hall–Kier alpha value is -1.10. The second kappa shape index (κ2) is 6.34. The van der Waals surface area contributed by atoms with E-state index >= 15 is 0 Å². The molecule has 2 unspecified atom stereocenters. The number of hydrogen-bond donors (Lipinski definition) is 1. The van der Waals surface area contributed by atoms with E-state index < -0.39 is 5.54 Å². The summed E-state index contributed by atoms with van der Waals surface area (Å²) < 4.78 is 5.56. The van der Waals surface area contributed by atoms with Crippen molar-refractivity contribution in [3.05, 3.63) is 0 Å². The van der Waals surface area contributed by atoms with E-state index in [1.54, 1.807) is 0 Å². The first-order valence-corrected chi connectivity index (χ1v) is 8.19. The van der Waals surface area contributed by atoms with Crippen LogP contribution in [0.3, 0.4) is 0 Å². The fraction of sp³-hybridized carbons (Fsp3) is 0.875. The molecule has 2 aliphatic rings. The highest BCUT2D eigenvalue weighted by Crippen LogP contribution is 2.31. The number of rotatable bonds is 4. The van der Waals surface area contributed by atoms with E-state index in [9.17, 15) is 9.59 Å². The molecule has 0 aromatic carbocycles. The van der Waals surface area contributed by atoms with E-state index in [0.717, 1.165) is 19.4 Å². The number of hydrogen-bond acceptors (Lipinski definition) is 3. The summed E-state index contributed by atoms with van der Waals surface area (Å²) in [6.45, 7) is 9.23. The summed E-state index contributed by atoms with van der Waals surface area (Å²) in [5.74, 6) is 0.155. The smallest absolute Gasteiger partial charge is 0.249 e. The van der Waals surface area contributed by atoms with Gasteiger partial charge in [-0.15, -0.1) is 0 Å². The molecule has 2 fully saturated rings. The third-order valence-corrected chi connectivity index (χ3v) is 4.94. The molecule has 5 heteroatoms. The maximum Gasteiger partial charge on any atom is 0.249 e. The van der Waals surface area contributed by atoms with Crippen LogP contribution < -0.4 is 5.32 Å². The molecule has 0 aliphatic carbocycles. The van der Waals surface area contributed by atoms with Crippen molar-refractivity contribution in [2.75, 3.05) is 13.2 Å². The Bertz CT molecular complexity index is 398. The molecule has 0 saturated carbocycles. The van der Waals surface area contributed by atoms with Crippen molar-refractivity contribution >= 4 is 11.8 Å². The molecular weight excluding hydrogens is 268 g/mol. The summed E-state index contributed by atoms with van der Waals surface area (Å²) in [5.41, 5.74) is -0.736. The molecule has 2 heterocycles. The van der Waals surface area contributed by atoms with Gasteiger partial charge in [0.1, 0.15) is 11.6 Å². The highest BCUT2D eigenvalue weighted by molar-refractivity contribution is 6.00. The molecule has 120 valence electrons. The Morgan fingerprint density at radius 1 is 1.33 bits per heavy atom. The zero-order valence-corrected chi connectivity index (χ0v) is 13.6. The normalized spacial score (nSPS) is 29.7. The van der Waals surface area contributed by atoms with E-state index in [1.165, 1.54) is 0 Å². The van der Waals surface area contributed by atoms with Gasteiger partial charge in [0.25, 0.3) is 0 Å². The summed E-state index contributed by atoms with van der Waals surface area (Å²) in [5, 5.41) is 3.01. The zero-order valence-electron chi connectivity index (χ0n) is 13.6. The number of carbonyl (C=O) groups excluding carboxylic acids is 2. The van der Waals surface area contributed by atoms with Crippen molar-refractivity contribution in [1.29, 1.82) is 0 Å². The first-order chi connectivity index (χ1) is 9.96. The number of carbonyl (C=O) groups is 2. The van der Waals surface area contributed by atoms with Gasteiger partial charge in [0.05, 0.1) is 12.6 Å². The molecule has 1 N–H and O–H groups in total. The molecule has 2 amide bonds. The molecule has 5 nitrogen and oxygen atoms in total. The van der Waals surface area contributed by atoms with E-state index in [1.807, 2.05) is 32.6 Å². The van der Waals surface area contributed by atoms with Gasteiger partial charge in [0.15, 0.2) is 0 Å². The molecule has 0 radical (unpaired) electrons. The number of nitrogens with one attached hydrogen (secondary N) is 1. The van der Waals surface area contributed by atoms with Crippen LogP contribution in [-0.4, -0.2) is 47.6 Å². The van der Waals surface area contributed by atoms with Crippen molar-refractivity contribution in [2.24, 2.45) is 5.92 Å². The van der Waals surface area contributed by atoms with Crippen molar-refractivity contribution in [1.82, 2.24) is 10.2 Å². The standard InChI is InChI=1S/C16H28N2O3/c1-5-16(6-2)15(20)18(12-8-7-9-21-10-12)13(11(3)4)14(19)17-16/h11-13H,5-10H2,1-4H3,(H,17,19). The molecule has 0 spiro atoms. The van der Waals surface area contributed by atoms with Gasteiger partial charge >= 0.3 is 0 Å². The van der Waals surface area contributed by atoms with Crippen LogP contribution in [0.15, 0.2) is 0 Å². The predicted octanol–water partition coefficient (Wildman–Crippen LogP) is 1.71. The lowest BCUT2D eigenvalue weighted by atomic mass is 9.83. The van der Waals surface area contributed by atoms with Crippen LogP contribution in [0.2, 0.25) is 0 Å². The number of nitrogens with zero attached hydrogens (tertiary/aromatic N) is 1.